The van der Waals surface area contributed by atoms with Crippen LogP contribution in [0.25, 0.3) is 0 Å². The number of hydrogen-bond donors (Lipinski definition) is 2. The molecule has 2 N–H and O–H groups in total. The second-order valence-electron chi connectivity index (χ2n) is 7.52. The summed E-state index contributed by atoms with van der Waals surface area (Å²) >= 11 is 0. The maximum atomic E-state index is 12.4. The van der Waals surface area contributed by atoms with Crippen molar-refractivity contribution in [2.24, 2.45) is 5.92 Å². The van der Waals surface area contributed by atoms with E-state index in [9.17, 15) is 23.1 Å². The fraction of sp³-hybridized carbons (Fsp3) is 0.600. The highest BCUT2D eigenvalue weighted by Gasteiger charge is 2.29. The second-order valence-corrected chi connectivity index (χ2v) is 10.0. The highest BCUT2D eigenvalue weighted by Crippen LogP contribution is 2.23. The van der Waals surface area contributed by atoms with Crippen molar-refractivity contribution in [1.29, 1.82) is 0 Å². The van der Waals surface area contributed by atoms with Gasteiger partial charge in [-0.2, -0.15) is 0 Å². The zero-order valence-electron chi connectivity index (χ0n) is 16.0. The van der Waals surface area contributed by atoms with Gasteiger partial charge in [0.1, 0.15) is 0 Å². The van der Waals surface area contributed by atoms with E-state index < -0.39 is 27.0 Å². The molecule has 2 rings (SSSR count). The third-order valence-corrected chi connectivity index (χ3v) is 7.34. The SMILES string of the molecule is CC(C)S(=O)(=O)c1ccc(CC(=O)NC2CCCCCCC2C(=O)O)cc1. The molecule has 2 atom stereocenters. The van der Waals surface area contributed by atoms with Crippen LogP contribution in [0.15, 0.2) is 29.2 Å². The first-order valence-electron chi connectivity index (χ1n) is 9.57. The van der Waals surface area contributed by atoms with Crippen molar-refractivity contribution in [2.75, 3.05) is 0 Å². The van der Waals surface area contributed by atoms with E-state index >= 15 is 0 Å². The number of carboxylic acids is 1. The standard InChI is InChI=1S/C20H29NO5S/c1-14(2)27(25,26)16-11-9-15(10-12-16)13-19(22)21-18-8-6-4-3-5-7-17(18)20(23)24/h9-12,14,17-18H,3-8,13H2,1-2H3,(H,21,22)(H,23,24). The molecule has 6 nitrogen and oxygen atoms in total. The highest BCUT2D eigenvalue weighted by atomic mass is 32.2. The highest BCUT2D eigenvalue weighted by molar-refractivity contribution is 7.92. The predicted octanol–water partition coefficient (Wildman–Crippen LogP) is 2.95. The molecule has 1 aliphatic rings. The van der Waals surface area contributed by atoms with Gasteiger partial charge >= 0.3 is 5.97 Å². The fourth-order valence-corrected chi connectivity index (χ4v) is 4.52. The lowest BCUT2D eigenvalue weighted by Gasteiger charge is -2.27. The van der Waals surface area contributed by atoms with E-state index in [0.717, 1.165) is 25.7 Å². The zero-order valence-corrected chi connectivity index (χ0v) is 16.8. The Bertz CT molecular complexity index is 755. The molecule has 1 aromatic carbocycles. The van der Waals surface area contributed by atoms with Crippen LogP contribution < -0.4 is 5.32 Å². The van der Waals surface area contributed by atoms with Crippen LogP contribution in [-0.4, -0.2) is 36.7 Å². The van der Waals surface area contributed by atoms with Gasteiger partial charge in [-0.1, -0.05) is 37.8 Å². The number of hydrogen-bond acceptors (Lipinski definition) is 4. The summed E-state index contributed by atoms with van der Waals surface area (Å²) in [4.78, 5) is 24.2. The molecule has 27 heavy (non-hydrogen) atoms. The summed E-state index contributed by atoms with van der Waals surface area (Å²) in [5.41, 5.74) is 0.702. The number of amides is 1. The Labute approximate surface area is 161 Å². The van der Waals surface area contributed by atoms with E-state index in [1.165, 1.54) is 12.1 Å². The van der Waals surface area contributed by atoms with Gasteiger partial charge in [-0.25, -0.2) is 8.42 Å². The molecule has 2 unspecified atom stereocenters. The minimum atomic E-state index is -3.33. The van der Waals surface area contributed by atoms with E-state index in [1.807, 2.05) is 0 Å². The third-order valence-electron chi connectivity index (χ3n) is 5.17. The molecule has 7 heteroatoms. The van der Waals surface area contributed by atoms with Crippen molar-refractivity contribution in [3.63, 3.8) is 0 Å². The third kappa shape index (κ3) is 5.79. The molecule has 0 spiro atoms. The van der Waals surface area contributed by atoms with Crippen LogP contribution in [0.1, 0.15) is 57.9 Å². The van der Waals surface area contributed by atoms with Gasteiger partial charge in [0.25, 0.3) is 0 Å². The molecule has 0 saturated heterocycles. The van der Waals surface area contributed by atoms with E-state index in [1.54, 1.807) is 26.0 Å². The molecular weight excluding hydrogens is 366 g/mol. The maximum Gasteiger partial charge on any atom is 0.308 e. The van der Waals surface area contributed by atoms with Gasteiger partial charge in [0.2, 0.25) is 5.91 Å². The Morgan fingerprint density at radius 3 is 2.22 bits per heavy atom. The van der Waals surface area contributed by atoms with Crippen LogP contribution in [0.3, 0.4) is 0 Å². The molecule has 1 aromatic rings. The second kappa shape index (κ2) is 9.35. The number of aliphatic carboxylic acids is 1. The summed E-state index contributed by atoms with van der Waals surface area (Å²) in [5, 5.41) is 11.9. The summed E-state index contributed by atoms with van der Waals surface area (Å²) < 4.78 is 24.3. The van der Waals surface area contributed by atoms with Crippen LogP contribution in [0, 0.1) is 5.92 Å². The number of carbonyl (C=O) groups excluding carboxylic acids is 1. The van der Waals surface area contributed by atoms with Crippen molar-refractivity contribution in [3.05, 3.63) is 29.8 Å². The van der Waals surface area contributed by atoms with Gasteiger partial charge in [-0.05, 0) is 44.4 Å². The van der Waals surface area contributed by atoms with Crippen molar-refractivity contribution < 1.29 is 23.1 Å². The largest absolute Gasteiger partial charge is 0.481 e. The summed E-state index contributed by atoms with van der Waals surface area (Å²) in [6, 6.07) is 5.97. The topological polar surface area (TPSA) is 101 Å². The Kier molecular flexibility index (Phi) is 7.41. The predicted molar refractivity (Wildman–Crippen MR) is 103 cm³/mol. The molecular formula is C20H29NO5S. The number of nitrogens with one attached hydrogen (secondary N) is 1. The van der Waals surface area contributed by atoms with Gasteiger partial charge in [0.15, 0.2) is 9.84 Å². The quantitative estimate of drug-likeness (QED) is 0.771. The lowest BCUT2D eigenvalue weighted by molar-refractivity contribution is -0.143. The number of carboxylic acid groups (broad SMARTS) is 1. The first kappa shape index (κ1) is 21.4. The molecule has 1 fully saturated rings. The van der Waals surface area contributed by atoms with Crippen LogP contribution in [-0.2, 0) is 25.8 Å². The van der Waals surface area contributed by atoms with Crippen LogP contribution >= 0.6 is 0 Å². The van der Waals surface area contributed by atoms with Gasteiger partial charge in [0.05, 0.1) is 22.5 Å². The minimum Gasteiger partial charge on any atom is -0.481 e. The molecule has 1 amide bonds. The summed E-state index contributed by atoms with van der Waals surface area (Å²) in [7, 11) is -3.33. The first-order chi connectivity index (χ1) is 12.7. The van der Waals surface area contributed by atoms with Crippen molar-refractivity contribution in [2.45, 2.75) is 75.0 Å². The molecule has 0 bridgehead atoms. The van der Waals surface area contributed by atoms with Crippen LogP contribution in [0.2, 0.25) is 0 Å². The Morgan fingerprint density at radius 1 is 1.07 bits per heavy atom. The number of rotatable bonds is 6. The summed E-state index contributed by atoms with van der Waals surface area (Å²) in [6.07, 6.45) is 5.24. The van der Waals surface area contributed by atoms with Gasteiger partial charge in [0, 0.05) is 6.04 Å². The normalized spacial score (nSPS) is 21.3. The molecule has 0 aliphatic heterocycles. The molecule has 150 valence electrons. The zero-order chi connectivity index (χ0) is 20.0. The first-order valence-corrected chi connectivity index (χ1v) is 11.1. The van der Waals surface area contributed by atoms with E-state index in [4.69, 9.17) is 0 Å². The number of sulfone groups is 1. The van der Waals surface area contributed by atoms with E-state index in [-0.39, 0.29) is 23.3 Å². The summed E-state index contributed by atoms with van der Waals surface area (Å²) in [5.74, 6) is -1.63. The van der Waals surface area contributed by atoms with E-state index in [2.05, 4.69) is 5.32 Å². The minimum absolute atomic E-state index is 0.102. The van der Waals surface area contributed by atoms with Crippen molar-refractivity contribution in [1.82, 2.24) is 5.32 Å². The molecule has 0 radical (unpaired) electrons. The van der Waals surface area contributed by atoms with Gasteiger partial charge < -0.3 is 10.4 Å². The van der Waals surface area contributed by atoms with Crippen molar-refractivity contribution >= 4 is 21.7 Å². The Balaban J connectivity index is 2.02. The Hall–Kier alpha value is -1.89. The van der Waals surface area contributed by atoms with Crippen molar-refractivity contribution in [3.8, 4) is 0 Å². The van der Waals surface area contributed by atoms with Crippen LogP contribution in [0.4, 0.5) is 0 Å². The molecule has 0 aromatic heterocycles. The van der Waals surface area contributed by atoms with Gasteiger partial charge in [-0.3, -0.25) is 9.59 Å². The molecule has 1 aliphatic carbocycles. The van der Waals surface area contributed by atoms with E-state index in [0.29, 0.717) is 18.4 Å². The number of benzene rings is 1. The average Bonchev–Trinajstić information content (AvgIpc) is 2.57. The van der Waals surface area contributed by atoms with Crippen LogP contribution in [0.5, 0.6) is 0 Å². The number of carbonyl (C=O) groups is 2. The molecule has 0 heterocycles. The van der Waals surface area contributed by atoms with Gasteiger partial charge in [-0.15, -0.1) is 0 Å². The molecule has 1 saturated carbocycles. The fourth-order valence-electron chi connectivity index (χ4n) is 3.47. The monoisotopic (exact) mass is 395 g/mol. The summed E-state index contributed by atoms with van der Waals surface area (Å²) in [6.45, 7) is 3.26. The smallest absolute Gasteiger partial charge is 0.308 e. The average molecular weight is 396 g/mol. The lowest BCUT2D eigenvalue weighted by Crippen LogP contribution is -2.44. The lowest BCUT2D eigenvalue weighted by atomic mass is 9.86. The Morgan fingerprint density at radius 2 is 1.67 bits per heavy atom. The maximum absolute atomic E-state index is 12.4.